The molecular weight excluding hydrogens is 283 g/mol. The second-order valence-corrected chi connectivity index (χ2v) is 6.18. The fraction of sp³-hybridized carbons (Fsp3) is 0.529. The number of hydrogen-bond acceptors (Lipinski definition) is 2. The zero-order chi connectivity index (χ0) is 16.3. The molecule has 1 fully saturated rings. The number of halogens is 1. The molecule has 0 aliphatic carbocycles. The first-order valence-corrected chi connectivity index (χ1v) is 7.72. The van der Waals surface area contributed by atoms with Crippen LogP contribution in [0.15, 0.2) is 18.2 Å². The van der Waals surface area contributed by atoms with E-state index >= 15 is 0 Å². The van der Waals surface area contributed by atoms with Gasteiger partial charge >= 0.3 is 0 Å². The second-order valence-electron chi connectivity index (χ2n) is 6.18. The summed E-state index contributed by atoms with van der Waals surface area (Å²) in [6.07, 6.45) is 1.33. The molecule has 1 aliphatic heterocycles. The van der Waals surface area contributed by atoms with E-state index in [1.165, 1.54) is 6.07 Å². The van der Waals surface area contributed by atoms with Crippen LogP contribution >= 0.6 is 0 Å². The van der Waals surface area contributed by atoms with Gasteiger partial charge in [-0.2, -0.15) is 0 Å². The molecule has 2 amide bonds. The van der Waals surface area contributed by atoms with Crippen molar-refractivity contribution in [3.63, 3.8) is 0 Å². The van der Waals surface area contributed by atoms with E-state index in [-0.39, 0.29) is 23.5 Å². The molecule has 0 radical (unpaired) electrons. The summed E-state index contributed by atoms with van der Waals surface area (Å²) in [6.45, 7) is 6.56. The molecule has 1 saturated heterocycles. The Bertz CT molecular complexity index is 572. The molecule has 2 rings (SSSR count). The summed E-state index contributed by atoms with van der Waals surface area (Å²) in [6, 6.07) is 4.35. The van der Waals surface area contributed by atoms with Crippen LogP contribution in [0.4, 0.5) is 4.39 Å². The Morgan fingerprint density at radius 3 is 2.68 bits per heavy atom. The molecule has 1 aromatic rings. The summed E-state index contributed by atoms with van der Waals surface area (Å²) in [5.74, 6) is -0.298. The zero-order valence-electron chi connectivity index (χ0n) is 13.4. The number of aryl methyl sites for hydroxylation is 1. The van der Waals surface area contributed by atoms with Gasteiger partial charge in [0, 0.05) is 19.5 Å². The standard InChI is InChI=1S/C17H23FN2O2/c1-11(2)16(20-8-4-5-15(20)21)17(22)19-10-13-6-7-14(18)12(3)9-13/h6-7,9,11,16H,4-5,8,10H2,1-3H3,(H,19,22). The van der Waals surface area contributed by atoms with Gasteiger partial charge in [0.1, 0.15) is 11.9 Å². The maximum absolute atomic E-state index is 13.2. The van der Waals surface area contributed by atoms with Gasteiger partial charge in [0.25, 0.3) is 0 Å². The van der Waals surface area contributed by atoms with Gasteiger partial charge in [0.05, 0.1) is 0 Å². The number of nitrogens with zero attached hydrogens (tertiary/aromatic N) is 1. The number of hydrogen-bond donors (Lipinski definition) is 1. The molecule has 1 heterocycles. The van der Waals surface area contributed by atoms with Crippen molar-refractivity contribution in [2.24, 2.45) is 5.92 Å². The SMILES string of the molecule is Cc1cc(CNC(=O)C(C(C)C)N2CCCC2=O)ccc1F. The highest BCUT2D eigenvalue weighted by Crippen LogP contribution is 2.19. The van der Waals surface area contributed by atoms with Crippen LogP contribution in [-0.2, 0) is 16.1 Å². The first-order valence-electron chi connectivity index (χ1n) is 7.72. The third-order valence-corrected chi connectivity index (χ3v) is 4.03. The third-order valence-electron chi connectivity index (χ3n) is 4.03. The molecule has 0 saturated carbocycles. The number of amides is 2. The van der Waals surface area contributed by atoms with Gasteiger partial charge in [-0.25, -0.2) is 4.39 Å². The Morgan fingerprint density at radius 1 is 1.41 bits per heavy atom. The fourth-order valence-corrected chi connectivity index (χ4v) is 2.88. The molecule has 1 unspecified atom stereocenters. The molecule has 0 spiro atoms. The van der Waals surface area contributed by atoms with Crippen LogP contribution in [0.25, 0.3) is 0 Å². The fourth-order valence-electron chi connectivity index (χ4n) is 2.88. The lowest BCUT2D eigenvalue weighted by Gasteiger charge is -2.29. The number of likely N-dealkylation sites (tertiary alicyclic amines) is 1. The molecule has 120 valence electrons. The van der Waals surface area contributed by atoms with Crippen molar-refractivity contribution in [2.75, 3.05) is 6.54 Å². The molecule has 1 aromatic carbocycles. The van der Waals surface area contributed by atoms with Crippen molar-refractivity contribution in [1.82, 2.24) is 10.2 Å². The third kappa shape index (κ3) is 3.64. The summed E-state index contributed by atoms with van der Waals surface area (Å²) in [5.41, 5.74) is 1.41. The number of rotatable bonds is 5. The summed E-state index contributed by atoms with van der Waals surface area (Å²) in [5, 5.41) is 2.87. The van der Waals surface area contributed by atoms with Crippen LogP contribution in [-0.4, -0.2) is 29.3 Å². The first kappa shape index (κ1) is 16.5. The van der Waals surface area contributed by atoms with E-state index in [9.17, 15) is 14.0 Å². The predicted octanol–water partition coefficient (Wildman–Crippen LogP) is 2.40. The normalized spacial score (nSPS) is 16.2. The highest BCUT2D eigenvalue weighted by Gasteiger charge is 2.34. The smallest absolute Gasteiger partial charge is 0.243 e. The minimum Gasteiger partial charge on any atom is -0.350 e. The molecule has 0 bridgehead atoms. The predicted molar refractivity (Wildman–Crippen MR) is 82.6 cm³/mol. The van der Waals surface area contributed by atoms with E-state index in [1.807, 2.05) is 13.8 Å². The molecule has 5 heteroatoms. The Morgan fingerprint density at radius 2 is 2.14 bits per heavy atom. The lowest BCUT2D eigenvalue weighted by Crippen LogP contribution is -2.50. The summed E-state index contributed by atoms with van der Waals surface area (Å²) in [7, 11) is 0. The molecule has 1 aliphatic rings. The van der Waals surface area contributed by atoms with E-state index in [1.54, 1.807) is 24.0 Å². The largest absolute Gasteiger partial charge is 0.350 e. The molecule has 1 atom stereocenters. The maximum Gasteiger partial charge on any atom is 0.243 e. The highest BCUT2D eigenvalue weighted by molar-refractivity contribution is 5.88. The monoisotopic (exact) mass is 306 g/mol. The van der Waals surface area contributed by atoms with Crippen LogP contribution < -0.4 is 5.32 Å². The molecule has 0 aromatic heterocycles. The lowest BCUT2D eigenvalue weighted by molar-refractivity contribution is -0.139. The minimum atomic E-state index is -0.434. The average molecular weight is 306 g/mol. The maximum atomic E-state index is 13.2. The molecular formula is C17H23FN2O2. The van der Waals surface area contributed by atoms with Crippen molar-refractivity contribution in [3.8, 4) is 0 Å². The average Bonchev–Trinajstić information content (AvgIpc) is 2.86. The van der Waals surface area contributed by atoms with E-state index < -0.39 is 6.04 Å². The first-order chi connectivity index (χ1) is 10.4. The topological polar surface area (TPSA) is 49.4 Å². The van der Waals surface area contributed by atoms with Crippen LogP contribution in [0.3, 0.4) is 0 Å². The minimum absolute atomic E-state index is 0.0477. The van der Waals surface area contributed by atoms with Gasteiger partial charge < -0.3 is 10.2 Å². The van der Waals surface area contributed by atoms with Gasteiger partial charge in [-0.1, -0.05) is 26.0 Å². The van der Waals surface area contributed by atoms with Gasteiger partial charge in [-0.05, 0) is 36.5 Å². The van der Waals surface area contributed by atoms with Gasteiger partial charge in [-0.3, -0.25) is 9.59 Å². The van der Waals surface area contributed by atoms with Crippen molar-refractivity contribution in [1.29, 1.82) is 0 Å². The van der Waals surface area contributed by atoms with E-state index in [4.69, 9.17) is 0 Å². The number of carbonyl (C=O) groups is 2. The van der Waals surface area contributed by atoms with Crippen molar-refractivity contribution in [2.45, 2.75) is 46.2 Å². The van der Waals surface area contributed by atoms with Crippen LogP contribution in [0.2, 0.25) is 0 Å². The van der Waals surface area contributed by atoms with E-state index in [2.05, 4.69) is 5.32 Å². The number of carbonyl (C=O) groups excluding carboxylic acids is 2. The Kier molecular flexibility index (Phi) is 5.16. The van der Waals surface area contributed by atoms with Gasteiger partial charge in [-0.15, -0.1) is 0 Å². The molecule has 1 N–H and O–H groups in total. The summed E-state index contributed by atoms with van der Waals surface area (Å²) < 4.78 is 13.2. The summed E-state index contributed by atoms with van der Waals surface area (Å²) in [4.78, 5) is 26.0. The van der Waals surface area contributed by atoms with Crippen LogP contribution in [0.1, 0.15) is 37.8 Å². The van der Waals surface area contributed by atoms with Crippen LogP contribution in [0, 0.1) is 18.7 Å². The quantitative estimate of drug-likeness (QED) is 0.908. The lowest BCUT2D eigenvalue weighted by atomic mass is 10.0. The van der Waals surface area contributed by atoms with Gasteiger partial charge in [0.15, 0.2) is 0 Å². The van der Waals surface area contributed by atoms with Crippen LogP contribution in [0.5, 0.6) is 0 Å². The Hall–Kier alpha value is -1.91. The second kappa shape index (κ2) is 6.90. The van der Waals surface area contributed by atoms with Crippen molar-refractivity contribution in [3.05, 3.63) is 35.1 Å². The zero-order valence-corrected chi connectivity index (χ0v) is 13.4. The number of nitrogens with one attached hydrogen (secondary N) is 1. The summed E-state index contributed by atoms with van der Waals surface area (Å²) >= 11 is 0. The Labute approximate surface area is 130 Å². The van der Waals surface area contributed by atoms with Gasteiger partial charge in [0.2, 0.25) is 11.8 Å². The van der Waals surface area contributed by atoms with E-state index in [0.717, 1.165) is 12.0 Å². The van der Waals surface area contributed by atoms with Crippen molar-refractivity contribution >= 4 is 11.8 Å². The molecule has 4 nitrogen and oxygen atoms in total. The number of benzene rings is 1. The molecule has 22 heavy (non-hydrogen) atoms. The Balaban J connectivity index is 2.02. The van der Waals surface area contributed by atoms with E-state index in [0.29, 0.717) is 25.1 Å². The highest BCUT2D eigenvalue weighted by atomic mass is 19.1. The van der Waals surface area contributed by atoms with Crippen molar-refractivity contribution < 1.29 is 14.0 Å².